The van der Waals surface area contributed by atoms with Crippen molar-refractivity contribution >= 4 is 88.9 Å². The molecule has 4 aromatic carbocycles. The smallest absolute Gasteiger partial charge is 0.264 e. The van der Waals surface area contributed by atoms with Gasteiger partial charge in [-0.2, -0.15) is 0 Å². The van der Waals surface area contributed by atoms with Gasteiger partial charge in [0.1, 0.15) is 11.3 Å². The van der Waals surface area contributed by atoms with Gasteiger partial charge in [-0.05, 0) is 60.7 Å². The molecule has 0 aliphatic carbocycles. The molecule has 4 heterocycles. The van der Waals surface area contributed by atoms with Gasteiger partial charge in [-0.15, -0.1) is 0 Å². The minimum Gasteiger partial charge on any atom is -0.268 e. The van der Waals surface area contributed by atoms with Crippen LogP contribution < -0.4 is 11.1 Å². The van der Waals surface area contributed by atoms with Crippen molar-refractivity contribution in [1.29, 1.82) is 0 Å². The van der Waals surface area contributed by atoms with Crippen molar-refractivity contribution in [1.82, 2.24) is 18.8 Å². The Morgan fingerprint density at radius 3 is 1.76 bits per heavy atom. The molecule has 0 aliphatic heterocycles. The van der Waals surface area contributed by atoms with Gasteiger partial charge >= 0.3 is 0 Å². The molecule has 0 atom stereocenters. The molecule has 34 heavy (non-hydrogen) atoms. The summed E-state index contributed by atoms with van der Waals surface area (Å²) < 4.78 is 3.22. The Bertz CT molecular complexity index is 2280. The Morgan fingerprint density at radius 2 is 1.09 bits per heavy atom. The maximum absolute atomic E-state index is 13.7. The molecule has 0 saturated heterocycles. The molecule has 0 aliphatic rings. The normalized spacial score (nSPS) is 12.6. The van der Waals surface area contributed by atoms with E-state index in [1.165, 1.54) is 0 Å². The highest BCUT2D eigenvalue weighted by Crippen LogP contribution is 2.37. The van der Waals surface area contributed by atoms with E-state index in [9.17, 15) is 9.59 Å². The fourth-order valence-electron chi connectivity index (χ4n) is 5.34. The van der Waals surface area contributed by atoms with Crippen LogP contribution in [0.25, 0.3) is 65.7 Å². The van der Waals surface area contributed by atoms with Crippen molar-refractivity contribution in [3.05, 3.63) is 91.4 Å². The third-order valence-corrected chi connectivity index (χ3v) is 7.21. The lowest BCUT2D eigenvalue weighted by Gasteiger charge is -2.12. The van der Waals surface area contributed by atoms with Gasteiger partial charge in [-0.1, -0.05) is 23.2 Å². The number of rotatable bonds is 0. The highest BCUT2D eigenvalue weighted by atomic mass is 35.5. The maximum Gasteiger partial charge on any atom is 0.264 e. The molecule has 6 nitrogen and oxygen atoms in total. The van der Waals surface area contributed by atoms with Gasteiger partial charge < -0.3 is 0 Å². The molecule has 4 aromatic heterocycles. The van der Waals surface area contributed by atoms with Gasteiger partial charge in [0.05, 0.1) is 22.1 Å². The summed E-state index contributed by atoms with van der Waals surface area (Å²) >= 11 is 12.4. The van der Waals surface area contributed by atoms with E-state index in [0.29, 0.717) is 54.2 Å². The summed E-state index contributed by atoms with van der Waals surface area (Å²) in [6.45, 7) is 0. The summed E-state index contributed by atoms with van der Waals surface area (Å²) in [5.74, 6) is 0. The SMILES string of the molecule is O=c1c2ccc3c(=O)n4c5cc(Cl)ccc5nc4c4ccc(c2c34)c2nc3cc(Cl)ccc3n12. The summed E-state index contributed by atoms with van der Waals surface area (Å²) in [6, 6.07) is 18.0. The summed E-state index contributed by atoms with van der Waals surface area (Å²) in [6.07, 6.45) is 0. The number of benzene rings is 4. The lowest BCUT2D eigenvalue weighted by Crippen LogP contribution is -2.16. The molecule has 8 rings (SSSR count). The number of halogens is 2. The van der Waals surface area contributed by atoms with Crippen LogP contribution in [0.3, 0.4) is 0 Å². The van der Waals surface area contributed by atoms with Crippen LogP contribution in [0.4, 0.5) is 0 Å². The number of pyridine rings is 2. The first kappa shape index (κ1) is 18.4. The second-order valence-electron chi connectivity index (χ2n) is 8.49. The fraction of sp³-hybridized carbons (Fsp3) is 0. The Morgan fingerprint density at radius 1 is 0.559 bits per heavy atom. The second-order valence-corrected chi connectivity index (χ2v) is 9.36. The zero-order chi connectivity index (χ0) is 22.9. The van der Waals surface area contributed by atoms with Gasteiger partial charge in [-0.25, -0.2) is 9.97 Å². The second kappa shape index (κ2) is 5.91. The summed E-state index contributed by atoms with van der Waals surface area (Å²) in [4.78, 5) is 36.8. The zero-order valence-electron chi connectivity index (χ0n) is 17.1. The molecule has 0 radical (unpaired) electrons. The first-order valence-electron chi connectivity index (χ1n) is 10.6. The molecular weight excluding hydrogens is 471 g/mol. The van der Waals surface area contributed by atoms with Crippen molar-refractivity contribution in [2.24, 2.45) is 0 Å². The molecule has 8 aromatic rings. The molecular formula is C26H10Cl2N4O2. The number of imidazole rings is 2. The van der Waals surface area contributed by atoms with E-state index in [-0.39, 0.29) is 11.1 Å². The molecule has 0 amide bonds. The van der Waals surface area contributed by atoms with Crippen molar-refractivity contribution in [2.45, 2.75) is 0 Å². The van der Waals surface area contributed by atoms with Crippen molar-refractivity contribution < 1.29 is 0 Å². The zero-order valence-corrected chi connectivity index (χ0v) is 18.6. The summed E-state index contributed by atoms with van der Waals surface area (Å²) in [7, 11) is 0. The van der Waals surface area contributed by atoms with Crippen LogP contribution in [-0.2, 0) is 0 Å². The number of hydrogen-bond acceptors (Lipinski definition) is 4. The van der Waals surface area contributed by atoms with E-state index < -0.39 is 0 Å². The Labute approximate surface area is 198 Å². The molecule has 160 valence electrons. The molecule has 0 saturated carbocycles. The topological polar surface area (TPSA) is 68.7 Å². The van der Waals surface area contributed by atoms with Gasteiger partial charge in [0.15, 0.2) is 0 Å². The van der Waals surface area contributed by atoms with Crippen LogP contribution >= 0.6 is 23.2 Å². The molecule has 0 spiro atoms. The quantitative estimate of drug-likeness (QED) is 0.263. The molecule has 0 unspecified atom stereocenters. The van der Waals surface area contributed by atoms with Crippen molar-refractivity contribution in [2.75, 3.05) is 0 Å². The van der Waals surface area contributed by atoms with Crippen molar-refractivity contribution in [3.8, 4) is 0 Å². The Balaban J connectivity index is 1.69. The number of fused-ring (bicyclic) bond motifs is 8. The lowest BCUT2D eigenvalue weighted by molar-refractivity contribution is 1.18. The average molecular weight is 481 g/mol. The van der Waals surface area contributed by atoms with Crippen LogP contribution in [-0.4, -0.2) is 18.8 Å². The predicted molar refractivity (Wildman–Crippen MR) is 136 cm³/mol. The first-order chi connectivity index (χ1) is 16.5. The van der Waals surface area contributed by atoms with Crippen LogP contribution in [0.2, 0.25) is 10.0 Å². The standard InChI is InChI=1S/C26H10Cl2N4O2/c27-11-2-8-19-18(9-11)30-24-14-4-3-13-21-16(6-5-15(22(14)21)25(33)31(19)24)26(34)32-20-10-12(28)1-7-17(20)29-23(13)32/h1-10H. The molecule has 8 heteroatoms. The van der Waals surface area contributed by atoms with Gasteiger partial charge in [0, 0.05) is 42.4 Å². The number of nitrogens with zero attached hydrogens (tertiary/aromatic N) is 4. The van der Waals surface area contributed by atoms with E-state index in [1.54, 1.807) is 57.3 Å². The third kappa shape index (κ3) is 2.04. The van der Waals surface area contributed by atoms with Crippen LogP contribution in [0.1, 0.15) is 0 Å². The molecule has 0 fully saturated rings. The minimum absolute atomic E-state index is 0.186. The van der Waals surface area contributed by atoms with E-state index in [1.807, 2.05) is 12.1 Å². The number of aromatic nitrogens is 4. The van der Waals surface area contributed by atoms with Gasteiger partial charge in [0.25, 0.3) is 11.1 Å². The van der Waals surface area contributed by atoms with Crippen LogP contribution in [0.5, 0.6) is 0 Å². The van der Waals surface area contributed by atoms with E-state index >= 15 is 0 Å². The monoisotopic (exact) mass is 480 g/mol. The highest BCUT2D eigenvalue weighted by Gasteiger charge is 2.22. The Kier molecular flexibility index (Phi) is 3.21. The molecule has 0 bridgehead atoms. The molecule has 0 N–H and O–H groups in total. The highest BCUT2D eigenvalue weighted by molar-refractivity contribution is 6.32. The maximum atomic E-state index is 13.7. The Hall–Kier alpha value is -4.00. The number of hydrogen-bond donors (Lipinski definition) is 0. The summed E-state index contributed by atoms with van der Waals surface area (Å²) in [5, 5.41) is 5.15. The van der Waals surface area contributed by atoms with E-state index in [0.717, 1.165) is 21.5 Å². The van der Waals surface area contributed by atoms with E-state index in [4.69, 9.17) is 33.2 Å². The van der Waals surface area contributed by atoms with E-state index in [2.05, 4.69) is 0 Å². The van der Waals surface area contributed by atoms with Crippen molar-refractivity contribution in [3.63, 3.8) is 0 Å². The van der Waals surface area contributed by atoms with Gasteiger partial charge in [0.2, 0.25) is 0 Å². The largest absolute Gasteiger partial charge is 0.268 e. The first-order valence-corrected chi connectivity index (χ1v) is 11.3. The predicted octanol–water partition coefficient (Wildman–Crippen LogP) is 5.65. The lowest BCUT2D eigenvalue weighted by atomic mass is 9.96. The average Bonchev–Trinajstić information content (AvgIpc) is 3.39. The third-order valence-electron chi connectivity index (χ3n) is 6.74. The van der Waals surface area contributed by atoms with Crippen LogP contribution in [0.15, 0.2) is 70.3 Å². The van der Waals surface area contributed by atoms with Crippen LogP contribution in [0, 0.1) is 0 Å². The summed E-state index contributed by atoms with van der Waals surface area (Å²) in [5.41, 5.74) is 3.36. The van der Waals surface area contributed by atoms with Gasteiger partial charge in [-0.3, -0.25) is 18.4 Å². The minimum atomic E-state index is -0.200. The fourth-order valence-corrected chi connectivity index (χ4v) is 5.67.